The van der Waals surface area contributed by atoms with Crippen LogP contribution in [0, 0.1) is 92.9 Å². The van der Waals surface area contributed by atoms with Crippen LogP contribution in [0.2, 0.25) is 0 Å². The number of hydrogen-bond acceptors (Lipinski definition) is 4. The molecule has 0 heterocycles. The lowest BCUT2D eigenvalue weighted by atomic mass is 9.82. The lowest BCUT2D eigenvalue weighted by molar-refractivity contribution is 0.259. The van der Waals surface area contributed by atoms with Gasteiger partial charge in [-0.25, -0.2) is 0 Å². The van der Waals surface area contributed by atoms with Gasteiger partial charge in [-0.1, -0.05) is 116 Å². The smallest absolute Gasteiger partial charge is 0.133 e. The second-order valence-corrected chi connectivity index (χ2v) is 19.5. The fraction of sp³-hybridized carbons (Fsp3) is 0.355. The summed E-state index contributed by atoms with van der Waals surface area (Å²) >= 11 is 0. The predicted molar refractivity (Wildman–Crippen MR) is 277 cm³/mol. The third-order valence-corrected chi connectivity index (χ3v) is 14.1. The van der Waals surface area contributed by atoms with E-state index in [1.165, 1.54) is 34.8 Å². The Morgan fingerprint density at radius 3 is 1.06 bits per heavy atom. The van der Waals surface area contributed by atoms with Crippen LogP contribution in [0.5, 0.6) is 34.5 Å². The van der Waals surface area contributed by atoms with Crippen LogP contribution in [-0.2, 0) is 13.2 Å². The third-order valence-electron chi connectivity index (χ3n) is 14.1. The zero-order chi connectivity index (χ0) is 47.1. The quantitative estimate of drug-likeness (QED) is 0.123. The summed E-state index contributed by atoms with van der Waals surface area (Å²) in [5.74, 6) is 10.2. The summed E-state index contributed by atoms with van der Waals surface area (Å²) in [6, 6.07) is 33.3. The van der Waals surface area contributed by atoms with Crippen LogP contribution < -0.4 is 18.9 Å². The molecule has 3 aliphatic rings. The van der Waals surface area contributed by atoms with E-state index in [0.717, 1.165) is 101 Å². The third kappa shape index (κ3) is 11.7. The summed E-state index contributed by atoms with van der Waals surface area (Å²) in [6.45, 7) is 29.5. The molecular formula is C62H72O4. The second-order valence-electron chi connectivity index (χ2n) is 19.5. The van der Waals surface area contributed by atoms with Gasteiger partial charge in [0.2, 0.25) is 0 Å². The van der Waals surface area contributed by atoms with Crippen molar-refractivity contribution in [2.75, 3.05) is 0 Å². The average Bonchev–Trinajstić information content (AvgIpc) is 4.04. The van der Waals surface area contributed by atoms with E-state index >= 15 is 0 Å². The molecule has 0 aliphatic heterocycles. The molecule has 4 atom stereocenters. The monoisotopic (exact) mass is 881 g/mol. The SMILES string of the molecule is C1CC2C3CCC(C3)C2C1.C=Cc1ccc(COc2c(C)cc(Oc3c(C)cc(C)cc3C)cc2C)cc1.C=Cc1ccc(COc2c(C)cc(Oc3c(C)cc(C)cc3C)cc2C)cc1. The zero-order valence-electron chi connectivity index (χ0n) is 41.4. The fourth-order valence-electron chi connectivity index (χ4n) is 11.1. The van der Waals surface area contributed by atoms with Crippen molar-refractivity contribution in [3.05, 3.63) is 188 Å². The van der Waals surface area contributed by atoms with Crippen molar-refractivity contribution in [1.29, 1.82) is 0 Å². The van der Waals surface area contributed by atoms with Crippen LogP contribution in [0.15, 0.2) is 110 Å². The van der Waals surface area contributed by atoms with Gasteiger partial charge < -0.3 is 18.9 Å². The highest BCUT2D eigenvalue weighted by molar-refractivity contribution is 5.53. The van der Waals surface area contributed by atoms with Crippen molar-refractivity contribution in [3.63, 3.8) is 0 Å². The molecule has 344 valence electrons. The van der Waals surface area contributed by atoms with Crippen LogP contribution in [0.4, 0.5) is 0 Å². The average molecular weight is 881 g/mol. The molecule has 0 amide bonds. The minimum absolute atomic E-state index is 0.537. The molecule has 3 saturated carbocycles. The minimum Gasteiger partial charge on any atom is -0.488 e. The number of rotatable bonds is 12. The standard InChI is InChI=1S/2C26H28O2.C10H16/c2*1-7-22-8-10-23(11-9-22)16-27-25-20(5)14-24(15-21(25)6)28-26-18(3)12-17(2)13-19(26)4;1-2-9-7-4-5-8(6-7)10(9)3-1/h2*7-15H,1,16H2,2-6H3;7-10H,1-6H2. The van der Waals surface area contributed by atoms with Crippen molar-refractivity contribution in [2.45, 2.75) is 121 Å². The van der Waals surface area contributed by atoms with Crippen molar-refractivity contribution < 1.29 is 18.9 Å². The van der Waals surface area contributed by atoms with Crippen molar-refractivity contribution >= 4 is 12.2 Å². The normalized spacial score (nSPS) is 17.7. The maximum Gasteiger partial charge on any atom is 0.133 e. The molecule has 4 unspecified atom stereocenters. The van der Waals surface area contributed by atoms with E-state index in [-0.39, 0.29) is 0 Å². The molecule has 3 aliphatic carbocycles. The van der Waals surface area contributed by atoms with Gasteiger partial charge in [0.25, 0.3) is 0 Å². The minimum atomic E-state index is 0.537. The molecule has 0 radical (unpaired) electrons. The Morgan fingerprint density at radius 1 is 0.424 bits per heavy atom. The molecule has 0 N–H and O–H groups in total. The molecule has 66 heavy (non-hydrogen) atoms. The van der Waals surface area contributed by atoms with Gasteiger partial charge in [-0.3, -0.25) is 0 Å². The number of fused-ring (bicyclic) bond motifs is 5. The Bertz CT molecular complexity index is 2370. The van der Waals surface area contributed by atoms with Crippen molar-refractivity contribution in [1.82, 2.24) is 0 Å². The molecule has 2 bridgehead atoms. The Hall–Kier alpha value is -6.00. The van der Waals surface area contributed by atoms with Crippen LogP contribution >= 0.6 is 0 Å². The molecular weight excluding hydrogens is 809 g/mol. The Morgan fingerprint density at radius 2 is 0.742 bits per heavy atom. The predicted octanol–water partition coefficient (Wildman–Crippen LogP) is 17.3. The molecule has 0 aromatic heterocycles. The Kier molecular flexibility index (Phi) is 15.6. The van der Waals surface area contributed by atoms with Crippen LogP contribution in [0.25, 0.3) is 12.2 Å². The summed E-state index contributed by atoms with van der Waals surface area (Å²) in [5.41, 5.74) is 15.9. The summed E-state index contributed by atoms with van der Waals surface area (Å²) in [7, 11) is 0. The Labute approximate surface area is 396 Å². The molecule has 0 spiro atoms. The zero-order valence-corrected chi connectivity index (χ0v) is 41.4. The molecule has 6 aromatic rings. The Balaban J connectivity index is 0.000000161. The van der Waals surface area contributed by atoms with Gasteiger partial charge in [-0.15, -0.1) is 0 Å². The topological polar surface area (TPSA) is 36.9 Å². The van der Waals surface area contributed by atoms with Gasteiger partial charge in [0.1, 0.15) is 47.7 Å². The van der Waals surface area contributed by atoms with Gasteiger partial charge in [0, 0.05) is 0 Å². The summed E-state index contributed by atoms with van der Waals surface area (Å²) in [5, 5.41) is 0. The van der Waals surface area contributed by atoms with Crippen molar-refractivity contribution in [2.24, 2.45) is 23.7 Å². The number of ether oxygens (including phenoxy) is 4. The van der Waals surface area contributed by atoms with E-state index in [1.54, 1.807) is 38.5 Å². The highest BCUT2D eigenvalue weighted by Crippen LogP contribution is 2.58. The van der Waals surface area contributed by atoms with E-state index in [2.05, 4.69) is 155 Å². The van der Waals surface area contributed by atoms with E-state index in [4.69, 9.17) is 18.9 Å². The molecule has 4 heteroatoms. The van der Waals surface area contributed by atoms with Crippen LogP contribution in [0.3, 0.4) is 0 Å². The summed E-state index contributed by atoms with van der Waals surface area (Å²) < 4.78 is 24.7. The van der Waals surface area contributed by atoms with Gasteiger partial charge in [-0.05, 0) is 216 Å². The molecule has 4 nitrogen and oxygen atoms in total. The van der Waals surface area contributed by atoms with E-state index < -0.39 is 0 Å². The maximum atomic E-state index is 6.23. The molecule has 9 rings (SSSR count). The van der Waals surface area contributed by atoms with Gasteiger partial charge in [-0.2, -0.15) is 0 Å². The van der Waals surface area contributed by atoms with Gasteiger partial charge in [0.15, 0.2) is 0 Å². The number of aryl methyl sites for hydroxylation is 10. The number of benzene rings is 6. The highest BCUT2D eigenvalue weighted by Gasteiger charge is 2.48. The molecule has 6 aromatic carbocycles. The first-order valence-electron chi connectivity index (χ1n) is 24.1. The van der Waals surface area contributed by atoms with E-state index in [9.17, 15) is 0 Å². The summed E-state index contributed by atoms with van der Waals surface area (Å²) in [4.78, 5) is 0. The first kappa shape index (κ1) is 47.9. The summed E-state index contributed by atoms with van der Waals surface area (Å²) in [6.07, 6.45) is 13.2. The number of hydrogen-bond donors (Lipinski definition) is 0. The van der Waals surface area contributed by atoms with Crippen molar-refractivity contribution in [3.8, 4) is 34.5 Å². The maximum absolute atomic E-state index is 6.23. The highest BCUT2D eigenvalue weighted by atomic mass is 16.5. The second kappa shape index (κ2) is 21.5. The lowest BCUT2D eigenvalue weighted by Gasteiger charge is -2.23. The molecule has 3 fully saturated rings. The van der Waals surface area contributed by atoms with Gasteiger partial charge >= 0.3 is 0 Å². The largest absolute Gasteiger partial charge is 0.488 e. The fourth-order valence-corrected chi connectivity index (χ4v) is 11.1. The molecule has 0 saturated heterocycles. The lowest BCUT2D eigenvalue weighted by Crippen LogP contribution is -2.15. The van der Waals surface area contributed by atoms with Gasteiger partial charge in [0.05, 0.1) is 0 Å². The first-order valence-corrected chi connectivity index (χ1v) is 24.1. The van der Waals surface area contributed by atoms with Crippen LogP contribution in [0.1, 0.15) is 116 Å². The van der Waals surface area contributed by atoms with E-state index in [1.807, 2.05) is 36.4 Å². The van der Waals surface area contributed by atoms with E-state index in [0.29, 0.717) is 13.2 Å². The first-order chi connectivity index (χ1) is 31.7. The van der Waals surface area contributed by atoms with Crippen LogP contribution in [-0.4, -0.2) is 0 Å².